The van der Waals surface area contributed by atoms with E-state index in [9.17, 15) is 0 Å². The normalized spacial score (nSPS) is 12.6. The smallest absolute Gasteiger partial charge is 0.227 e. The van der Waals surface area contributed by atoms with Crippen LogP contribution in [0.25, 0.3) is 11.4 Å². The fraction of sp³-hybridized carbons (Fsp3) is 0.533. The lowest BCUT2D eigenvalue weighted by atomic mass is 10.2. The Morgan fingerprint density at radius 1 is 1.20 bits per heavy atom. The first kappa shape index (κ1) is 14.7. The minimum absolute atomic E-state index is 0.459. The molecule has 0 aromatic carbocycles. The molecule has 0 aliphatic heterocycles. The van der Waals surface area contributed by atoms with Crippen LogP contribution < -0.4 is 5.32 Å². The SMILES string of the molecule is CCNC(C)CCc1nc(-c2cc(C)nc(C)c2)no1. The van der Waals surface area contributed by atoms with Crippen molar-refractivity contribution >= 4 is 0 Å². The highest BCUT2D eigenvalue weighted by Crippen LogP contribution is 2.18. The molecule has 1 unspecified atom stereocenters. The average Bonchev–Trinajstić information content (AvgIpc) is 2.84. The minimum Gasteiger partial charge on any atom is -0.339 e. The molecule has 0 bridgehead atoms. The molecule has 0 radical (unpaired) electrons. The lowest BCUT2D eigenvalue weighted by Gasteiger charge is -2.09. The first-order valence-electron chi connectivity index (χ1n) is 7.10. The highest BCUT2D eigenvalue weighted by atomic mass is 16.5. The third-order valence-corrected chi connectivity index (χ3v) is 3.15. The first-order valence-corrected chi connectivity index (χ1v) is 7.10. The lowest BCUT2D eigenvalue weighted by molar-refractivity contribution is 0.368. The van der Waals surface area contributed by atoms with E-state index < -0.39 is 0 Å². The molecule has 0 saturated carbocycles. The Balaban J connectivity index is 2.05. The lowest BCUT2D eigenvalue weighted by Crippen LogP contribution is -2.25. The molecule has 2 heterocycles. The van der Waals surface area contributed by atoms with Crippen molar-refractivity contribution < 1.29 is 4.52 Å². The van der Waals surface area contributed by atoms with E-state index in [0.29, 0.717) is 17.8 Å². The van der Waals surface area contributed by atoms with E-state index in [-0.39, 0.29) is 0 Å². The molecule has 5 heteroatoms. The van der Waals surface area contributed by atoms with Gasteiger partial charge in [-0.15, -0.1) is 0 Å². The van der Waals surface area contributed by atoms with Crippen LogP contribution in [-0.2, 0) is 6.42 Å². The predicted molar refractivity (Wildman–Crippen MR) is 78.5 cm³/mol. The quantitative estimate of drug-likeness (QED) is 0.877. The van der Waals surface area contributed by atoms with Crippen molar-refractivity contribution in [2.75, 3.05) is 6.54 Å². The van der Waals surface area contributed by atoms with Gasteiger partial charge in [-0.05, 0) is 45.9 Å². The van der Waals surface area contributed by atoms with Gasteiger partial charge in [-0.3, -0.25) is 4.98 Å². The number of aryl methyl sites for hydroxylation is 3. The van der Waals surface area contributed by atoms with E-state index in [1.54, 1.807) is 0 Å². The first-order chi connectivity index (χ1) is 9.58. The highest BCUT2D eigenvalue weighted by Gasteiger charge is 2.11. The second-order valence-corrected chi connectivity index (χ2v) is 5.15. The summed E-state index contributed by atoms with van der Waals surface area (Å²) >= 11 is 0. The van der Waals surface area contributed by atoms with Crippen molar-refractivity contribution in [3.63, 3.8) is 0 Å². The van der Waals surface area contributed by atoms with Crippen LogP contribution in [0.15, 0.2) is 16.7 Å². The minimum atomic E-state index is 0.459. The molecule has 1 N–H and O–H groups in total. The summed E-state index contributed by atoms with van der Waals surface area (Å²) in [5, 5.41) is 7.43. The zero-order chi connectivity index (χ0) is 14.5. The van der Waals surface area contributed by atoms with Gasteiger partial charge in [0.05, 0.1) is 0 Å². The van der Waals surface area contributed by atoms with Gasteiger partial charge in [0, 0.05) is 29.4 Å². The number of nitrogens with one attached hydrogen (secondary N) is 1. The van der Waals surface area contributed by atoms with Crippen molar-refractivity contribution in [1.82, 2.24) is 20.4 Å². The van der Waals surface area contributed by atoms with E-state index in [1.807, 2.05) is 26.0 Å². The summed E-state index contributed by atoms with van der Waals surface area (Å²) in [7, 11) is 0. The van der Waals surface area contributed by atoms with Crippen LogP contribution in [0, 0.1) is 13.8 Å². The summed E-state index contributed by atoms with van der Waals surface area (Å²) in [6, 6.07) is 4.41. The van der Waals surface area contributed by atoms with Gasteiger partial charge in [0.25, 0.3) is 0 Å². The summed E-state index contributed by atoms with van der Waals surface area (Å²) < 4.78 is 5.32. The molecule has 2 rings (SSSR count). The molecule has 0 aliphatic rings. The van der Waals surface area contributed by atoms with Crippen LogP contribution in [0.2, 0.25) is 0 Å². The van der Waals surface area contributed by atoms with E-state index >= 15 is 0 Å². The molecule has 0 fully saturated rings. The van der Waals surface area contributed by atoms with Crippen molar-refractivity contribution in [1.29, 1.82) is 0 Å². The Morgan fingerprint density at radius 2 is 1.90 bits per heavy atom. The molecule has 5 nitrogen and oxygen atoms in total. The Labute approximate surface area is 119 Å². The van der Waals surface area contributed by atoms with Crippen molar-refractivity contribution in [3.8, 4) is 11.4 Å². The van der Waals surface area contributed by atoms with Crippen LogP contribution in [-0.4, -0.2) is 27.7 Å². The third kappa shape index (κ3) is 3.87. The van der Waals surface area contributed by atoms with Crippen molar-refractivity contribution in [2.24, 2.45) is 0 Å². The number of hydrogen-bond donors (Lipinski definition) is 1. The molecule has 0 spiro atoms. The predicted octanol–water partition coefficient (Wildman–Crippen LogP) is 2.68. The van der Waals surface area contributed by atoms with Gasteiger partial charge in [0.15, 0.2) is 0 Å². The maximum atomic E-state index is 5.32. The number of rotatable bonds is 6. The van der Waals surface area contributed by atoms with Gasteiger partial charge < -0.3 is 9.84 Å². The molecular formula is C15H22N4O. The number of nitrogens with zero attached hydrogens (tertiary/aromatic N) is 3. The third-order valence-electron chi connectivity index (χ3n) is 3.15. The molecule has 0 amide bonds. The van der Waals surface area contributed by atoms with Gasteiger partial charge in [-0.25, -0.2) is 0 Å². The second-order valence-electron chi connectivity index (χ2n) is 5.15. The van der Waals surface area contributed by atoms with E-state index in [1.165, 1.54) is 0 Å². The van der Waals surface area contributed by atoms with Gasteiger partial charge in [0.1, 0.15) is 0 Å². The topological polar surface area (TPSA) is 63.8 Å². The molecule has 20 heavy (non-hydrogen) atoms. The number of hydrogen-bond acceptors (Lipinski definition) is 5. The van der Waals surface area contributed by atoms with Crippen LogP contribution in [0.5, 0.6) is 0 Å². The monoisotopic (exact) mass is 274 g/mol. The number of pyridine rings is 1. The standard InChI is InChI=1S/C15H22N4O/c1-5-16-10(2)6-7-14-18-15(19-20-14)13-8-11(3)17-12(4)9-13/h8-10,16H,5-7H2,1-4H3. The Bertz CT molecular complexity index is 545. The fourth-order valence-corrected chi connectivity index (χ4v) is 2.23. The summed E-state index contributed by atoms with van der Waals surface area (Å²) in [5.41, 5.74) is 2.89. The average molecular weight is 274 g/mol. The molecule has 0 aliphatic carbocycles. The Hall–Kier alpha value is -1.75. The molecule has 2 aromatic rings. The summed E-state index contributed by atoms with van der Waals surface area (Å²) in [6.07, 6.45) is 1.79. The maximum absolute atomic E-state index is 5.32. The zero-order valence-electron chi connectivity index (χ0n) is 12.6. The highest BCUT2D eigenvalue weighted by molar-refractivity contribution is 5.55. The van der Waals surface area contributed by atoms with Gasteiger partial charge in [-0.2, -0.15) is 4.98 Å². The van der Waals surface area contributed by atoms with E-state index in [0.717, 1.165) is 36.3 Å². The Kier molecular flexibility index (Phi) is 4.84. The van der Waals surface area contributed by atoms with Gasteiger partial charge >= 0.3 is 0 Å². The number of aromatic nitrogens is 3. The molecule has 0 saturated heterocycles. The van der Waals surface area contributed by atoms with Crippen LogP contribution in [0.3, 0.4) is 0 Å². The molecule has 1 atom stereocenters. The zero-order valence-corrected chi connectivity index (χ0v) is 12.6. The van der Waals surface area contributed by atoms with E-state index in [2.05, 4.69) is 34.3 Å². The molecule has 2 aromatic heterocycles. The maximum Gasteiger partial charge on any atom is 0.227 e. The molecule has 108 valence electrons. The Morgan fingerprint density at radius 3 is 2.55 bits per heavy atom. The van der Waals surface area contributed by atoms with Crippen LogP contribution >= 0.6 is 0 Å². The van der Waals surface area contributed by atoms with E-state index in [4.69, 9.17) is 4.52 Å². The van der Waals surface area contributed by atoms with Crippen LogP contribution in [0.1, 0.15) is 37.5 Å². The summed E-state index contributed by atoms with van der Waals surface area (Å²) in [4.78, 5) is 8.81. The molecular weight excluding hydrogens is 252 g/mol. The fourth-order valence-electron chi connectivity index (χ4n) is 2.23. The summed E-state index contributed by atoms with van der Waals surface area (Å²) in [5.74, 6) is 1.33. The van der Waals surface area contributed by atoms with Crippen LogP contribution in [0.4, 0.5) is 0 Å². The van der Waals surface area contributed by atoms with Crippen molar-refractivity contribution in [3.05, 3.63) is 29.4 Å². The largest absolute Gasteiger partial charge is 0.339 e. The van der Waals surface area contributed by atoms with Gasteiger partial charge in [0.2, 0.25) is 11.7 Å². The van der Waals surface area contributed by atoms with Crippen molar-refractivity contribution in [2.45, 2.75) is 46.6 Å². The van der Waals surface area contributed by atoms with Gasteiger partial charge in [-0.1, -0.05) is 12.1 Å². The summed E-state index contributed by atoms with van der Waals surface area (Å²) in [6.45, 7) is 9.18. The second kappa shape index (κ2) is 6.61.